The van der Waals surface area contributed by atoms with Crippen LogP contribution in [-0.2, 0) is 20.1 Å². The molecule has 0 aliphatic rings. The van der Waals surface area contributed by atoms with Crippen molar-refractivity contribution in [3.05, 3.63) is 48.2 Å². The number of para-hydroxylation sites is 1. The van der Waals surface area contributed by atoms with E-state index in [1.165, 1.54) is 5.39 Å². The third-order valence-corrected chi connectivity index (χ3v) is 3.54. The van der Waals surface area contributed by atoms with Crippen molar-refractivity contribution < 1.29 is 0 Å². The molecule has 0 unspecified atom stereocenters. The average molecular weight is 283 g/mol. The summed E-state index contributed by atoms with van der Waals surface area (Å²) in [5, 5.41) is 9.20. The van der Waals surface area contributed by atoms with Gasteiger partial charge in [-0.05, 0) is 6.07 Å². The van der Waals surface area contributed by atoms with Crippen molar-refractivity contribution in [1.82, 2.24) is 24.6 Å². The van der Waals surface area contributed by atoms with E-state index in [9.17, 15) is 0 Å². The Morgan fingerprint density at radius 2 is 2.05 bits per heavy atom. The number of imidazole rings is 1. The smallest absolute Gasteiger partial charge is 0.0953 e. The molecule has 0 saturated carbocycles. The molecule has 0 aliphatic carbocycles. The Balaban J connectivity index is 1.79. The molecule has 0 amide bonds. The first-order valence-corrected chi connectivity index (χ1v) is 7.28. The standard InChI is InChI=1S/C16H21N5/c1-12(2)17-8-13-9-21(11-18-13)10-15-14-6-4-5-7-16(14)20(3)19-15/h4-7,9,11-12,17H,8,10H2,1-3H3. The summed E-state index contributed by atoms with van der Waals surface area (Å²) in [5.41, 5.74) is 3.30. The van der Waals surface area contributed by atoms with Crippen molar-refractivity contribution in [2.24, 2.45) is 7.05 Å². The molecule has 0 atom stereocenters. The minimum Gasteiger partial charge on any atom is -0.331 e. The first kappa shape index (κ1) is 13.8. The molecular weight excluding hydrogens is 262 g/mol. The van der Waals surface area contributed by atoms with Crippen molar-refractivity contribution in [2.75, 3.05) is 0 Å². The molecule has 0 fully saturated rings. The largest absolute Gasteiger partial charge is 0.331 e. The van der Waals surface area contributed by atoms with Gasteiger partial charge in [0.2, 0.25) is 0 Å². The maximum absolute atomic E-state index is 4.62. The molecule has 0 radical (unpaired) electrons. The number of hydrogen-bond donors (Lipinski definition) is 1. The summed E-state index contributed by atoms with van der Waals surface area (Å²) < 4.78 is 4.02. The average Bonchev–Trinajstić information content (AvgIpc) is 3.03. The second-order valence-electron chi connectivity index (χ2n) is 5.66. The summed E-state index contributed by atoms with van der Waals surface area (Å²) >= 11 is 0. The molecule has 0 bridgehead atoms. The Kier molecular flexibility index (Phi) is 3.75. The van der Waals surface area contributed by atoms with Gasteiger partial charge in [-0.15, -0.1) is 0 Å². The van der Waals surface area contributed by atoms with E-state index in [4.69, 9.17) is 0 Å². The highest BCUT2D eigenvalue weighted by Crippen LogP contribution is 2.18. The number of hydrogen-bond acceptors (Lipinski definition) is 3. The summed E-state index contributed by atoms with van der Waals surface area (Å²) in [6, 6.07) is 8.78. The lowest BCUT2D eigenvalue weighted by Gasteiger charge is -2.04. The maximum Gasteiger partial charge on any atom is 0.0953 e. The van der Waals surface area contributed by atoms with Crippen molar-refractivity contribution >= 4 is 10.9 Å². The minimum absolute atomic E-state index is 0.467. The van der Waals surface area contributed by atoms with Crippen LogP contribution >= 0.6 is 0 Å². The summed E-state index contributed by atoms with van der Waals surface area (Å²) in [6.07, 6.45) is 3.96. The highest BCUT2D eigenvalue weighted by molar-refractivity contribution is 5.81. The number of fused-ring (bicyclic) bond motifs is 1. The zero-order valence-electron chi connectivity index (χ0n) is 12.7. The number of nitrogens with zero attached hydrogens (tertiary/aromatic N) is 4. The highest BCUT2D eigenvalue weighted by atomic mass is 15.3. The van der Waals surface area contributed by atoms with E-state index in [0.717, 1.165) is 30.0 Å². The lowest BCUT2D eigenvalue weighted by Crippen LogP contribution is -2.21. The number of aryl methyl sites for hydroxylation is 1. The van der Waals surface area contributed by atoms with Gasteiger partial charge in [0.15, 0.2) is 0 Å². The van der Waals surface area contributed by atoms with Gasteiger partial charge in [0.25, 0.3) is 0 Å². The van der Waals surface area contributed by atoms with Crippen LogP contribution in [0.3, 0.4) is 0 Å². The lowest BCUT2D eigenvalue weighted by atomic mass is 10.2. The van der Waals surface area contributed by atoms with Gasteiger partial charge >= 0.3 is 0 Å². The van der Waals surface area contributed by atoms with Crippen molar-refractivity contribution in [3.63, 3.8) is 0 Å². The van der Waals surface area contributed by atoms with Gasteiger partial charge in [0.05, 0.1) is 29.8 Å². The Morgan fingerprint density at radius 1 is 1.24 bits per heavy atom. The van der Waals surface area contributed by atoms with E-state index >= 15 is 0 Å². The fourth-order valence-electron chi connectivity index (χ4n) is 2.47. The first-order chi connectivity index (χ1) is 10.1. The second-order valence-corrected chi connectivity index (χ2v) is 5.66. The lowest BCUT2D eigenvalue weighted by molar-refractivity contribution is 0.582. The molecule has 5 nitrogen and oxygen atoms in total. The van der Waals surface area contributed by atoms with Crippen LogP contribution in [0.15, 0.2) is 36.8 Å². The Hall–Kier alpha value is -2.14. The maximum atomic E-state index is 4.62. The quantitative estimate of drug-likeness (QED) is 0.781. The number of rotatable bonds is 5. The topological polar surface area (TPSA) is 47.7 Å². The van der Waals surface area contributed by atoms with Crippen molar-refractivity contribution in [2.45, 2.75) is 33.0 Å². The number of benzene rings is 1. The predicted octanol–water partition coefficient (Wildman–Crippen LogP) is 2.32. The van der Waals surface area contributed by atoms with E-state index in [1.54, 1.807) is 0 Å². The third-order valence-electron chi connectivity index (χ3n) is 3.54. The highest BCUT2D eigenvalue weighted by Gasteiger charge is 2.09. The molecule has 5 heteroatoms. The van der Waals surface area contributed by atoms with Crippen LogP contribution in [0.25, 0.3) is 10.9 Å². The molecule has 0 aliphatic heterocycles. The number of aromatic nitrogens is 4. The van der Waals surface area contributed by atoms with Gasteiger partial charge in [-0.1, -0.05) is 32.0 Å². The molecule has 21 heavy (non-hydrogen) atoms. The summed E-state index contributed by atoms with van der Waals surface area (Å²) in [7, 11) is 1.98. The van der Waals surface area contributed by atoms with E-state index in [2.05, 4.69) is 58.2 Å². The van der Waals surface area contributed by atoms with E-state index in [1.807, 2.05) is 24.1 Å². The Bertz CT molecular complexity index is 738. The summed E-state index contributed by atoms with van der Waals surface area (Å²) in [5.74, 6) is 0. The van der Waals surface area contributed by atoms with Gasteiger partial charge in [0, 0.05) is 31.2 Å². The molecule has 3 rings (SSSR count). The molecule has 0 saturated heterocycles. The zero-order chi connectivity index (χ0) is 14.8. The summed E-state index contributed by atoms with van der Waals surface area (Å²) in [4.78, 5) is 4.44. The summed E-state index contributed by atoms with van der Waals surface area (Å²) in [6.45, 7) is 5.82. The van der Waals surface area contributed by atoms with Crippen LogP contribution < -0.4 is 5.32 Å². The molecule has 1 aromatic carbocycles. The first-order valence-electron chi connectivity index (χ1n) is 7.28. The molecule has 110 valence electrons. The zero-order valence-corrected chi connectivity index (χ0v) is 12.7. The van der Waals surface area contributed by atoms with E-state index < -0.39 is 0 Å². The van der Waals surface area contributed by atoms with Crippen LogP contribution in [0.5, 0.6) is 0 Å². The van der Waals surface area contributed by atoms with Gasteiger partial charge in [-0.2, -0.15) is 5.10 Å². The molecule has 0 spiro atoms. The fourth-order valence-corrected chi connectivity index (χ4v) is 2.47. The Labute approximate surface area is 124 Å². The number of nitrogens with one attached hydrogen (secondary N) is 1. The van der Waals surface area contributed by atoms with Crippen LogP contribution in [0, 0.1) is 0 Å². The van der Waals surface area contributed by atoms with Crippen LogP contribution in [0.2, 0.25) is 0 Å². The van der Waals surface area contributed by atoms with Crippen LogP contribution in [0.1, 0.15) is 25.2 Å². The van der Waals surface area contributed by atoms with Gasteiger partial charge in [-0.3, -0.25) is 4.68 Å². The van der Waals surface area contributed by atoms with Crippen molar-refractivity contribution in [1.29, 1.82) is 0 Å². The molecular formula is C16H21N5. The Morgan fingerprint density at radius 3 is 2.86 bits per heavy atom. The minimum atomic E-state index is 0.467. The van der Waals surface area contributed by atoms with E-state index in [0.29, 0.717) is 6.04 Å². The molecule has 1 N–H and O–H groups in total. The second kappa shape index (κ2) is 5.69. The molecule has 2 aromatic heterocycles. The van der Waals surface area contributed by atoms with Crippen LogP contribution in [-0.4, -0.2) is 25.4 Å². The SMILES string of the molecule is CC(C)NCc1cn(Cc2nn(C)c3ccccc23)cn1. The van der Waals surface area contributed by atoms with E-state index in [-0.39, 0.29) is 0 Å². The molecule has 3 aromatic rings. The monoisotopic (exact) mass is 283 g/mol. The van der Waals surface area contributed by atoms with Gasteiger partial charge in [-0.25, -0.2) is 4.98 Å². The van der Waals surface area contributed by atoms with Crippen molar-refractivity contribution in [3.8, 4) is 0 Å². The normalized spacial score (nSPS) is 11.6. The van der Waals surface area contributed by atoms with Crippen LogP contribution in [0.4, 0.5) is 0 Å². The predicted molar refractivity (Wildman–Crippen MR) is 84.0 cm³/mol. The third kappa shape index (κ3) is 2.97. The molecule has 2 heterocycles. The van der Waals surface area contributed by atoms with Gasteiger partial charge in [0.1, 0.15) is 0 Å². The van der Waals surface area contributed by atoms with Gasteiger partial charge < -0.3 is 9.88 Å². The fraction of sp³-hybridized carbons (Fsp3) is 0.375.